The zero-order chi connectivity index (χ0) is 58.8. The van der Waals surface area contributed by atoms with Gasteiger partial charge in [-0.2, -0.15) is 0 Å². The molecule has 3 saturated heterocycles. The van der Waals surface area contributed by atoms with Crippen LogP contribution in [-0.2, 0) is 47.5 Å². The Labute approximate surface area is 475 Å². The van der Waals surface area contributed by atoms with Gasteiger partial charge in [-0.1, -0.05) is 117 Å². The standard InChI is InChI=1S/C57H107N3O20/c1-5-7-20-29-41(40(65)28-23-18-15-17-22-27-39(64)26-21-16-13-11-9-8-10-12-14-19-24-30-45(66)59-32-34-60(4)33-25-31-58-6-2)75-57-54(80-56-52(73)50(71)47(68)43(36-62)77-56)53(48(69)44(78-57)37-74-38(3)63)79-55-51(72)49(70)46(67)42(35-61)76-55/h40-44,46-58,61-62,65,67-73H,5-37H2,1-4H3,(H,59,66). The van der Waals surface area contributed by atoms with Gasteiger partial charge in [0.05, 0.1) is 25.4 Å². The fourth-order valence-electron chi connectivity index (χ4n) is 10.4. The number of Topliss-reactive ketones (excluding diaryl/α,β-unsaturated/α-hetero) is 1. The largest absolute Gasteiger partial charge is 0.463 e. The molecule has 23 nitrogen and oxygen atoms in total. The third-order valence-electron chi connectivity index (χ3n) is 15.5. The summed E-state index contributed by atoms with van der Waals surface area (Å²) in [5.41, 5.74) is 0. The molecule has 3 fully saturated rings. The summed E-state index contributed by atoms with van der Waals surface area (Å²) >= 11 is 0. The molecule has 0 aromatic rings. The molecule has 3 aliphatic heterocycles. The SMILES string of the molecule is CCCCCC(OC1OC(COC(C)=O)C(O)C(OC2OC(CO)C(O)C(O)C2O)C1OC1OC(CO)C(O)C(O)C1O)C(O)CCCCCCCC(=O)CCCCCCCCCCCCCC(=O)NCCN(C)CCCNCC. The molecule has 1 amide bonds. The maximum atomic E-state index is 12.7. The number of carbonyl (C=O) groups is 3. The Bertz CT molecular complexity index is 1620. The lowest BCUT2D eigenvalue weighted by Gasteiger charge is -2.49. The van der Waals surface area contributed by atoms with Crippen LogP contribution in [0.2, 0.25) is 0 Å². The number of carbonyl (C=O) groups excluding carboxylic acids is 3. The Balaban J connectivity index is 1.44. The molecule has 3 aliphatic rings. The van der Waals surface area contributed by atoms with Crippen molar-refractivity contribution in [3.8, 4) is 0 Å². The normalized spacial score (nSPS) is 29.9. The average Bonchev–Trinajstić information content (AvgIpc) is 3.50. The van der Waals surface area contributed by atoms with Gasteiger partial charge in [0, 0.05) is 39.3 Å². The van der Waals surface area contributed by atoms with Crippen molar-refractivity contribution in [3.63, 3.8) is 0 Å². The molecule has 3 rings (SSSR count). The molecule has 80 heavy (non-hydrogen) atoms. The number of nitrogens with zero attached hydrogens (tertiary/aromatic N) is 1. The Morgan fingerprint density at radius 1 is 0.537 bits per heavy atom. The molecule has 23 heteroatoms. The Kier molecular flexibility index (Phi) is 37.7. The van der Waals surface area contributed by atoms with Crippen LogP contribution in [0, 0.1) is 0 Å². The molecular formula is C57H107N3O20. The van der Waals surface area contributed by atoms with E-state index in [4.69, 9.17) is 33.2 Å². The summed E-state index contributed by atoms with van der Waals surface area (Å²) < 4.78 is 41.4. The topological polar surface area (TPSA) is 345 Å². The summed E-state index contributed by atoms with van der Waals surface area (Å²) in [5, 5.41) is 114. The Hall–Kier alpha value is -2.11. The molecule has 0 aromatic carbocycles. The van der Waals surface area contributed by atoms with E-state index in [0.717, 1.165) is 117 Å². The van der Waals surface area contributed by atoms with Crippen LogP contribution in [0.1, 0.15) is 181 Å². The van der Waals surface area contributed by atoms with Crippen molar-refractivity contribution in [3.05, 3.63) is 0 Å². The molecule has 0 saturated carbocycles. The summed E-state index contributed by atoms with van der Waals surface area (Å²) in [6.07, 6.45) is -6.25. The molecule has 3 heterocycles. The van der Waals surface area contributed by atoms with E-state index in [9.17, 15) is 65.4 Å². The Morgan fingerprint density at radius 3 is 1.54 bits per heavy atom. The number of nitrogens with one attached hydrogen (secondary N) is 2. The van der Waals surface area contributed by atoms with Crippen LogP contribution in [-0.4, -0.2) is 238 Å². The van der Waals surface area contributed by atoms with E-state index in [2.05, 4.69) is 29.5 Å². The second kappa shape index (κ2) is 41.8. The second-order valence-corrected chi connectivity index (χ2v) is 22.3. The lowest BCUT2D eigenvalue weighted by atomic mass is 9.95. The first kappa shape index (κ1) is 72.2. The zero-order valence-corrected chi connectivity index (χ0v) is 48.7. The van der Waals surface area contributed by atoms with Gasteiger partial charge in [-0.05, 0) is 65.2 Å². The van der Waals surface area contributed by atoms with Crippen molar-refractivity contribution >= 4 is 17.7 Å². The lowest BCUT2D eigenvalue weighted by Crippen LogP contribution is -2.67. The van der Waals surface area contributed by atoms with Crippen LogP contribution in [0.15, 0.2) is 0 Å². The van der Waals surface area contributed by atoms with Gasteiger partial charge in [-0.3, -0.25) is 14.4 Å². The Morgan fingerprint density at radius 2 is 1.02 bits per heavy atom. The van der Waals surface area contributed by atoms with Crippen molar-refractivity contribution in [2.45, 2.75) is 286 Å². The zero-order valence-electron chi connectivity index (χ0n) is 48.7. The number of hydrogen-bond acceptors (Lipinski definition) is 22. The van der Waals surface area contributed by atoms with E-state index in [1.54, 1.807) is 0 Å². The van der Waals surface area contributed by atoms with E-state index in [1.807, 2.05) is 6.92 Å². The molecule has 12 N–H and O–H groups in total. The van der Waals surface area contributed by atoms with Crippen molar-refractivity contribution in [2.75, 3.05) is 59.6 Å². The van der Waals surface area contributed by atoms with Crippen LogP contribution in [0.5, 0.6) is 0 Å². The fraction of sp³-hybridized carbons (Fsp3) is 0.947. The number of hydrogen-bond donors (Lipinski definition) is 12. The highest BCUT2D eigenvalue weighted by atomic mass is 16.8. The van der Waals surface area contributed by atoms with Crippen molar-refractivity contribution in [1.82, 2.24) is 15.5 Å². The molecule has 0 spiro atoms. The minimum atomic E-state index is -1.96. The number of aliphatic hydroxyl groups excluding tert-OH is 10. The van der Waals surface area contributed by atoms with Gasteiger partial charge >= 0.3 is 5.97 Å². The fourth-order valence-corrected chi connectivity index (χ4v) is 10.4. The van der Waals surface area contributed by atoms with Crippen LogP contribution in [0.3, 0.4) is 0 Å². The van der Waals surface area contributed by atoms with Crippen LogP contribution in [0.4, 0.5) is 0 Å². The van der Waals surface area contributed by atoms with Gasteiger partial charge in [0.25, 0.3) is 0 Å². The monoisotopic (exact) mass is 1150 g/mol. The summed E-state index contributed by atoms with van der Waals surface area (Å²) in [7, 11) is 2.09. The maximum Gasteiger partial charge on any atom is 0.302 e. The van der Waals surface area contributed by atoms with Gasteiger partial charge in [0.1, 0.15) is 85.6 Å². The molecular weight excluding hydrogens is 1050 g/mol. The molecule has 0 aromatic heterocycles. The molecule has 0 aliphatic carbocycles. The predicted molar refractivity (Wildman–Crippen MR) is 295 cm³/mol. The van der Waals surface area contributed by atoms with Gasteiger partial charge in [-0.25, -0.2) is 0 Å². The highest BCUT2D eigenvalue weighted by Gasteiger charge is 2.55. The predicted octanol–water partition coefficient (Wildman–Crippen LogP) is 1.75. The van der Waals surface area contributed by atoms with Crippen LogP contribution < -0.4 is 10.6 Å². The molecule has 17 atom stereocenters. The van der Waals surface area contributed by atoms with Crippen molar-refractivity contribution in [1.29, 1.82) is 0 Å². The summed E-state index contributed by atoms with van der Waals surface area (Å²) in [4.78, 5) is 39.1. The smallest absolute Gasteiger partial charge is 0.302 e. The summed E-state index contributed by atoms with van der Waals surface area (Å²) in [6, 6.07) is 0. The maximum absolute atomic E-state index is 12.7. The number of amides is 1. The minimum absolute atomic E-state index is 0.151. The first-order valence-electron chi connectivity index (χ1n) is 30.4. The number of ketones is 1. The van der Waals surface area contributed by atoms with E-state index in [-0.39, 0.29) is 11.7 Å². The first-order chi connectivity index (χ1) is 38.5. The quantitative estimate of drug-likeness (QED) is 0.0305. The van der Waals surface area contributed by atoms with Gasteiger partial charge in [-0.15, -0.1) is 0 Å². The number of ether oxygens (including phenoxy) is 7. The van der Waals surface area contributed by atoms with Gasteiger partial charge in [0.15, 0.2) is 18.9 Å². The third-order valence-corrected chi connectivity index (χ3v) is 15.5. The van der Waals surface area contributed by atoms with Crippen molar-refractivity contribution < 1.29 is 98.6 Å². The number of rotatable bonds is 45. The van der Waals surface area contributed by atoms with E-state index >= 15 is 0 Å². The minimum Gasteiger partial charge on any atom is -0.463 e. The summed E-state index contributed by atoms with van der Waals surface area (Å²) in [5.74, 6) is -0.296. The highest BCUT2D eigenvalue weighted by Crippen LogP contribution is 2.35. The van der Waals surface area contributed by atoms with Crippen LogP contribution >= 0.6 is 0 Å². The lowest BCUT2D eigenvalue weighted by molar-refractivity contribution is -0.396. The average molecular weight is 1150 g/mol. The first-order valence-corrected chi connectivity index (χ1v) is 30.4. The second-order valence-electron chi connectivity index (χ2n) is 22.3. The van der Waals surface area contributed by atoms with Gasteiger partial charge < -0.3 is 99.8 Å². The number of unbranched alkanes of at least 4 members (excludes halogenated alkanes) is 16. The summed E-state index contributed by atoms with van der Waals surface area (Å²) in [6.45, 7) is 7.68. The van der Waals surface area contributed by atoms with Gasteiger partial charge in [0.2, 0.25) is 5.91 Å². The molecule has 0 bridgehead atoms. The van der Waals surface area contributed by atoms with Crippen LogP contribution in [0.25, 0.3) is 0 Å². The number of aliphatic hydroxyl groups is 10. The number of esters is 1. The number of likely N-dealkylation sites (N-methyl/N-ethyl adjacent to an activating group) is 1. The van der Waals surface area contributed by atoms with Crippen molar-refractivity contribution in [2.24, 2.45) is 0 Å². The third kappa shape index (κ3) is 26.9. The molecule has 470 valence electrons. The van der Waals surface area contributed by atoms with E-state index in [0.29, 0.717) is 51.5 Å². The highest BCUT2D eigenvalue weighted by molar-refractivity contribution is 5.78. The molecule has 0 radical (unpaired) electrons. The van der Waals surface area contributed by atoms with E-state index < -0.39 is 130 Å². The molecule has 17 unspecified atom stereocenters. The van der Waals surface area contributed by atoms with E-state index in [1.165, 1.54) is 32.1 Å².